The molecule has 9 heteroatoms. The van der Waals surface area contributed by atoms with E-state index in [1.807, 2.05) is 6.92 Å². The molecule has 1 aromatic carbocycles. The summed E-state index contributed by atoms with van der Waals surface area (Å²) < 4.78 is 14.1. The molecule has 0 radical (unpaired) electrons. The van der Waals surface area contributed by atoms with Gasteiger partial charge >= 0.3 is 0 Å². The molecule has 4 amide bonds. The quantitative estimate of drug-likeness (QED) is 0.623. The zero-order valence-electron chi connectivity index (χ0n) is 16.2. The standard InChI is InChI=1S/C20H23FN4O4/c1-3-9(2)25-17(27)15-13(6-7-14(22)26)24-20(16(15)18(25)28)11-8-10(21)4-5-12(11)23-19(20)29/h4-5,8-9,13,15-16,24H,3,6-7H2,1-2H3,(H2,22,26)(H,23,29)/t9-,13-,15+,16-,20+/m0/s1. The van der Waals surface area contributed by atoms with Gasteiger partial charge in [0.15, 0.2) is 0 Å². The van der Waals surface area contributed by atoms with Crippen LogP contribution < -0.4 is 16.4 Å². The number of nitrogens with zero attached hydrogens (tertiary/aromatic N) is 1. The minimum absolute atomic E-state index is 0.000600. The van der Waals surface area contributed by atoms with Gasteiger partial charge in [-0.2, -0.15) is 0 Å². The van der Waals surface area contributed by atoms with Crippen molar-refractivity contribution in [3.8, 4) is 0 Å². The number of hydrogen-bond donors (Lipinski definition) is 3. The van der Waals surface area contributed by atoms with E-state index in [4.69, 9.17) is 5.73 Å². The largest absolute Gasteiger partial charge is 0.370 e. The van der Waals surface area contributed by atoms with Gasteiger partial charge in [0, 0.05) is 29.8 Å². The average Bonchev–Trinajstić information content (AvgIpc) is 3.25. The lowest BCUT2D eigenvalue weighted by Crippen LogP contribution is -2.54. The maximum atomic E-state index is 14.1. The molecule has 1 aromatic rings. The lowest BCUT2D eigenvalue weighted by Gasteiger charge is -2.31. The maximum Gasteiger partial charge on any atom is 0.250 e. The van der Waals surface area contributed by atoms with Gasteiger partial charge in [-0.1, -0.05) is 6.92 Å². The van der Waals surface area contributed by atoms with Crippen molar-refractivity contribution in [2.45, 2.75) is 50.7 Å². The second-order valence-electron chi connectivity index (χ2n) is 8.02. The fraction of sp³-hybridized carbons (Fsp3) is 0.500. The van der Waals surface area contributed by atoms with Crippen LogP contribution in [0.5, 0.6) is 0 Å². The fourth-order valence-electron chi connectivity index (χ4n) is 4.96. The summed E-state index contributed by atoms with van der Waals surface area (Å²) in [5.74, 6) is -4.24. The van der Waals surface area contributed by atoms with Gasteiger partial charge in [-0.05, 0) is 38.0 Å². The monoisotopic (exact) mass is 402 g/mol. The Morgan fingerprint density at radius 1 is 1.31 bits per heavy atom. The van der Waals surface area contributed by atoms with Crippen LogP contribution in [0, 0.1) is 17.7 Å². The Labute approximate surface area is 167 Å². The van der Waals surface area contributed by atoms with Crippen LogP contribution in [0.25, 0.3) is 0 Å². The van der Waals surface area contributed by atoms with Crippen molar-refractivity contribution in [1.29, 1.82) is 0 Å². The number of imide groups is 1. The van der Waals surface area contributed by atoms with Crippen molar-refractivity contribution in [2.75, 3.05) is 5.32 Å². The van der Waals surface area contributed by atoms with Crippen LogP contribution in [0.2, 0.25) is 0 Å². The van der Waals surface area contributed by atoms with Crippen molar-refractivity contribution >= 4 is 29.3 Å². The predicted octanol–water partition coefficient (Wildman–Crippen LogP) is 0.610. The number of benzene rings is 1. The summed E-state index contributed by atoms with van der Waals surface area (Å²) in [6.45, 7) is 3.64. The van der Waals surface area contributed by atoms with Gasteiger partial charge in [0.05, 0.1) is 11.8 Å². The van der Waals surface area contributed by atoms with Crippen molar-refractivity contribution in [2.24, 2.45) is 17.6 Å². The number of amides is 4. The van der Waals surface area contributed by atoms with Crippen molar-refractivity contribution in [3.63, 3.8) is 0 Å². The normalized spacial score (nSPS) is 31.2. The Kier molecular flexibility index (Phi) is 4.45. The van der Waals surface area contributed by atoms with E-state index < -0.39 is 47.0 Å². The molecule has 3 aliphatic rings. The molecule has 8 nitrogen and oxygen atoms in total. The van der Waals surface area contributed by atoms with Gasteiger partial charge in [0.1, 0.15) is 11.4 Å². The number of carbonyl (C=O) groups excluding carboxylic acids is 4. The molecule has 1 spiro atoms. The van der Waals surface area contributed by atoms with Crippen LogP contribution in [-0.2, 0) is 24.7 Å². The zero-order valence-corrected chi connectivity index (χ0v) is 16.2. The Hall–Kier alpha value is -2.81. The molecule has 4 rings (SSSR count). The van der Waals surface area contributed by atoms with E-state index in [9.17, 15) is 23.6 Å². The summed E-state index contributed by atoms with van der Waals surface area (Å²) in [5, 5.41) is 5.85. The number of rotatable bonds is 5. The number of carbonyl (C=O) groups is 4. The number of likely N-dealkylation sites (tertiary alicyclic amines) is 1. The smallest absolute Gasteiger partial charge is 0.250 e. The molecule has 0 bridgehead atoms. The topological polar surface area (TPSA) is 122 Å². The van der Waals surface area contributed by atoms with Crippen LogP contribution in [0.4, 0.5) is 10.1 Å². The molecule has 29 heavy (non-hydrogen) atoms. The van der Waals surface area contributed by atoms with E-state index in [0.717, 1.165) is 0 Å². The van der Waals surface area contributed by atoms with E-state index in [-0.39, 0.29) is 24.8 Å². The van der Waals surface area contributed by atoms with E-state index >= 15 is 0 Å². The van der Waals surface area contributed by atoms with Crippen LogP contribution in [0.1, 0.15) is 38.7 Å². The second-order valence-corrected chi connectivity index (χ2v) is 8.02. The Bertz CT molecular complexity index is 935. The lowest BCUT2D eigenvalue weighted by molar-refractivity contribution is -0.145. The number of halogens is 1. The highest BCUT2D eigenvalue weighted by molar-refractivity contribution is 6.15. The van der Waals surface area contributed by atoms with E-state index in [1.165, 1.54) is 23.1 Å². The first kappa shape index (κ1) is 19.5. The molecule has 0 aromatic heterocycles. The first-order chi connectivity index (χ1) is 13.7. The van der Waals surface area contributed by atoms with Crippen molar-refractivity contribution < 1.29 is 23.6 Å². The highest BCUT2D eigenvalue weighted by Gasteiger charge is 2.70. The number of hydrogen-bond acceptors (Lipinski definition) is 5. The summed E-state index contributed by atoms with van der Waals surface area (Å²) in [5.41, 5.74) is 4.44. The number of fused-ring (bicyclic) bond motifs is 4. The molecule has 5 atom stereocenters. The molecular weight excluding hydrogens is 379 g/mol. The minimum Gasteiger partial charge on any atom is -0.370 e. The zero-order chi connectivity index (χ0) is 21.1. The predicted molar refractivity (Wildman–Crippen MR) is 101 cm³/mol. The summed E-state index contributed by atoms with van der Waals surface area (Å²) in [7, 11) is 0. The summed E-state index contributed by atoms with van der Waals surface area (Å²) in [6, 6.07) is 2.95. The molecule has 0 unspecified atom stereocenters. The third-order valence-corrected chi connectivity index (χ3v) is 6.44. The Morgan fingerprint density at radius 2 is 2.03 bits per heavy atom. The van der Waals surface area contributed by atoms with Gasteiger partial charge in [-0.3, -0.25) is 29.4 Å². The highest BCUT2D eigenvalue weighted by Crippen LogP contribution is 2.53. The Balaban J connectivity index is 1.85. The molecular formula is C20H23FN4O4. The molecule has 2 fully saturated rings. The molecule has 4 N–H and O–H groups in total. The van der Waals surface area contributed by atoms with E-state index in [2.05, 4.69) is 10.6 Å². The molecule has 3 heterocycles. The number of anilines is 1. The molecule has 2 saturated heterocycles. The first-order valence-electron chi connectivity index (χ1n) is 9.76. The van der Waals surface area contributed by atoms with E-state index in [1.54, 1.807) is 6.92 Å². The number of nitrogens with one attached hydrogen (secondary N) is 2. The summed E-state index contributed by atoms with van der Waals surface area (Å²) in [6.07, 6.45) is 0.768. The number of nitrogens with two attached hydrogens (primary N) is 1. The van der Waals surface area contributed by atoms with Crippen molar-refractivity contribution in [3.05, 3.63) is 29.6 Å². The highest BCUT2D eigenvalue weighted by atomic mass is 19.1. The lowest BCUT2D eigenvalue weighted by atomic mass is 9.76. The third kappa shape index (κ3) is 2.60. The number of primary amides is 1. The van der Waals surface area contributed by atoms with Gasteiger partial charge in [0.25, 0.3) is 0 Å². The van der Waals surface area contributed by atoms with Crippen LogP contribution in [-0.4, -0.2) is 40.6 Å². The third-order valence-electron chi connectivity index (χ3n) is 6.44. The van der Waals surface area contributed by atoms with Crippen LogP contribution >= 0.6 is 0 Å². The fourth-order valence-corrected chi connectivity index (χ4v) is 4.96. The second kappa shape index (κ2) is 6.62. The van der Waals surface area contributed by atoms with Gasteiger partial charge < -0.3 is 11.1 Å². The van der Waals surface area contributed by atoms with E-state index in [0.29, 0.717) is 17.7 Å². The molecule has 154 valence electrons. The minimum atomic E-state index is -1.56. The van der Waals surface area contributed by atoms with Crippen LogP contribution in [0.15, 0.2) is 18.2 Å². The maximum absolute atomic E-state index is 14.1. The van der Waals surface area contributed by atoms with Gasteiger partial charge in [0.2, 0.25) is 23.6 Å². The Morgan fingerprint density at radius 3 is 2.69 bits per heavy atom. The van der Waals surface area contributed by atoms with Gasteiger partial charge in [-0.25, -0.2) is 4.39 Å². The van der Waals surface area contributed by atoms with Crippen molar-refractivity contribution in [1.82, 2.24) is 10.2 Å². The molecule has 0 aliphatic carbocycles. The van der Waals surface area contributed by atoms with Crippen LogP contribution in [0.3, 0.4) is 0 Å². The average molecular weight is 402 g/mol. The molecule has 3 aliphatic heterocycles. The molecule has 0 saturated carbocycles. The summed E-state index contributed by atoms with van der Waals surface area (Å²) >= 11 is 0. The first-order valence-corrected chi connectivity index (χ1v) is 9.76. The summed E-state index contributed by atoms with van der Waals surface area (Å²) in [4.78, 5) is 52.3. The van der Waals surface area contributed by atoms with Gasteiger partial charge in [-0.15, -0.1) is 0 Å². The SMILES string of the molecule is CC[C@H](C)N1C(=O)[C@@H]2[C@H](CCC(N)=O)N[C@@]3(C(=O)Nc4ccc(F)cc43)[C@@H]2C1=O.